The number of nitrogens with two attached hydrogens (primary N) is 1. The number of amides is 1. The molecule has 0 aliphatic carbocycles. The first-order valence-electron chi connectivity index (χ1n) is 5.86. The molecule has 0 heterocycles. The van der Waals surface area contributed by atoms with Crippen LogP contribution in [0.25, 0.3) is 0 Å². The van der Waals surface area contributed by atoms with E-state index in [1.165, 1.54) is 0 Å². The summed E-state index contributed by atoms with van der Waals surface area (Å²) in [5, 5.41) is 0. The van der Waals surface area contributed by atoms with Gasteiger partial charge in [0, 0.05) is 18.6 Å². The molecular weight excluding hydrogens is 296 g/mol. The Morgan fingerprint density at radius 2 is 2.17 bits per heavy atom. The van der Waals surface area contributed by atoms with Crippen molar-refractivity contribution in [3.8, 4) is 5.75 Å². The van der Waals surface area contributed by atoms with Crippen LogP contribution in [0.1, 0.15) is 12.0 Å². The van der Waals surface area contributed by atoms with Gasteiger partial charge in [0.25, 0.3) is 0 Å². The molecule has 100 valence electrons. The van der Waals surface area contributed by atoms with Crippen molar-refractivity contribution >= 4 is 21.8 Å². The molecule has 0 fully saturated rings. The summed E-state index contributed by atoms with van der Waals surface area (Å²) < 4.78 is 6.59. The lowest BCUT2D eigenvalue weighted by Gasteiger charge is -2.12. The van der Waals surface area contributed by atoms with Crippen LogP contribution in [0.15, 0.2) is 22.7 Å². The van der Waals surface area contributed by atoms with Gasteiger partial charge >= 0.3 is 0 Å². The Kier molecular flexibility index (Phi) is 6.15. The van der Waals surface area contributed by atoms with Gasteiger partial charge in [-0.25, -0.2) is 0 Å². The van der Waals surface area contributed by atoms with E-state index in [0.29, 0.717) is 19.6 Å². The number of carbonyl (C=O) groups is 1. The Morgan fingerprint density at radius 1 is 1.44 bits per heavy atom. The normalized spacial score (nSPS) is 10.2. The highest BCUT2D eigenvalue weighted by atomic mass is 79.9. The van der Waals surface area contributed by atoms with Crippen molar-refractivity contribution in [1.29, 1.82) is 0 Å². The largest absolute Gasteiger partial charge is 0.493 e. The summed E-state index contributed by atoms with van der Waals surface area (Å²) in [4.78, 5) is 12.9. The van der Waals surface area contributed by atoms with Crippen LogP contribution in [0.3, 0.4) is 0 Å². The van der Waals surface area contributed by atoms with Gasteiger partial charge in [-0.05, 0) is 36.7 Å². The summed E-state index contributed by atoms with van der Waals surface area (Å²) in [6.07, 6.45) is 1.18. The van der Waals surface area contributed by atoms with Crippen molar-refractivity contribution in [2.45, 2.75) is 12.8 Å². The van der Waals surface area contributed by atoms with E-state index in [1.54, 1.807) is 19.0 Å². The minimum absolute atomic E-state index is 0.0642. The Bertz CT molecular complexity index is 408. The smallest absolute Gasteiger partial charge is 0.225 e. The third-order valence-corrected chi connectivity index (χ3v) is 3.29. The van der Waals surface area contributed by atoms with Crippen LogP contribution in [-0.2, 0) is 11.2 Å². The van der Waals surface area contributed by atoms with Gasteiger partial charge in [-0.2, -0.15) is 0 Å². The number of benzene rings is 1. The summed E-state index contributed by atoms with van der Waals surface area (Å²) in [7, 11) is 3.47. The SMILES string of the molecule is CN(C)C(=O)CCOc1ccc(Br)c(CCN)c1. The van der Waals surface area contributed by atoms with E-state index in [9.17, 15) is 4.79 Å². The molecule has 1 aromatic carbocycles. The van der Waals surface area contributed by atoms with Crippen molar-refractivity contribution in [2.24, 2.45) is 5.73 Å². The summed E-state index contributed by atoms with van der Waals surface area (Å²) in [5.41, 5.74) is 6.66. The Hall–Kier alpha value is -1.07. The van der Waals surface area contributed by atoms with E-state index in [2.05, 4.69) is 15.9 Å². The summed E-state index contributed by atoms with van der Waals surface area (Å²) in [5.74, 6) is 0.836. The molecule has 0 aliphatic heterocycles. The maximum atomic E-state index is 11.4. The van der Waals surface area contributed by atoms with Crippen LogP contribution in [0.5, 0.6) is 5.75 Å². The molecule has 0 unspecified atom stereocenters. The first kappa shape index (κ1) is 15.0. The molecule has 0 saturated heterocycles. The minimum Gasteiger partial charge on any atom is -0.493 e. The molecule has 0 aromatic heterocycles. The van der Waals surface area contributed by atoms with Gasteiger partial charge in [0.05, 0.1) is 13.0 Å². The highest BCUT2D eigenvalue weighted by molar-refractivity contribution is 9.10. The second kappa shape index (κ2) is 7.38. The molecule has 0 atom stereocenters. The fourth-order valence-corrected chi connectivity index (χ4v) is 1.91. The number of halogens is 1. The third-order valence-electron chi connectivity index (χ3n) is 2.51. The maximum absolute atomic E-state index is 11.4. The van der Waals surface area contributed by atoms with E-state index in [4.69, 9.17) is 10.5 Å². The van der Waals surface area contributed by atoms with Crippen LogP contribution in [0.4, 0.5) is 0 Å². The zero-order chi connectivity index (χ0) is 13.5. The van der Waals surface area contributed by atoms with Gasteiger partial charge in [0.1, 0.15) is 5.75 Å². The topological polar surface area (TPSA) is 55.6 Å². The monoisotopic (exact) mass is 314 g/mol. The molecule has 0 saturated carbocycles. The number of hydrogen-bond donors (Lipinski definition) is 1. The molecule has 1 aromatic rings. The number of nitrogens with zero attached hydrogens (tertiary/aromatic N) is 1. The number of hydrogen-bond acceptors (Lipinski definition) is 3. The Labute approximate surface area is 116 Å². The summed E-state index contributed by atoms with van der Waals surface area (Å²) in [6, 6.07) is 5.77. The lowest BCUT2D eigenvalue weighted by molar-refractivity contribution is -0.129. The maximum Gasteiger partial charge on any atom is 0.225 e. The number of rotatable bonds is 6. The molecule has 2 N–H and O–H groups in total. The van der Waals surface area contributed by atoms with Gasteiger partial charge in [-0.3, -0.25) is 4.79 Å². The van der Waals surface area contributed by atoms with Crippen molar-refractivity contribution < 1.29 is 9.53 Å². The lowest BCUT2D eigenvalue weighted by Crippen LogP contribution is -2.23. The van der Waals surface area contributed by atoms with Crippen molar-refractivity contribution in [2.75, 3.05) is 27.2 Å². The van der Waals surface area contributed by atoms with Gasteiger partial charge < -0.3 is 15.4 Å². The second-order valence-electron chi connectivity index (χ2n) is 4.18. The molecule has 18 heavy (non-hydrogen) atoms. The van der Waals surface area contributed by atoms with Crippen LogP contribution in [0, 0.1) is 0 Å². The molecular formula is C13H19BrN2O2. The Morgan fingerprint density at radius 3 is 2.78 bits per heavy atom. The average Bonchev–Trinajstić information content (AvgIpc) is 2.33. The average molecular weight is 315 g/mol. The quantitative estimate of drug-likeness (QED) is 0.871. The summed E-state index contributed by atoms with van der Waals surface area (Å²) >= 11 is 3.47. The molecule has 4 nitrogen and oxygen atoms in total. The predicted octanol–water partition coefficient (Wildman–Crippen LogP) is 1.81. The van der Waals surface area contributed by atoms with E-state index < -0.39 is 0 Å². The van der Waals surface area contributed by atoms with Crippen molar-refractivity contribution in [3.63, 3.8) is 0 Å². The predicted molar refractivity (Wildman–Crippen MR) is 75.7 cm³/mol. The Balaban J connectivity index is 2.52. The standard InChI is InChI=1S/C13H19BrN2O2/c1-16(2)13(17)6-8-18-11-3-4-12(14)10(9-11)5-7-15/h3-4,9H,5-8,15H2,1-2H3. The summed E-state index contributed by atoms with van der Waals surface area (Å²) in [6.45, 7) is 0.988. The fraction of sp³-hybridized carbons (Fsp3) is 0.462. The molecule has 5 heteroatoms. The number of ether oxygens (including phenoxy) is 1. The van der Waals surface area contributed by atoms with Crippen molar-refractivity contribution in [1.82, 2.24) is 4.90 Å². The highest BCUT2D eigenvalue weighted by Gasteiger charge is 2.05. The first-order chi connectivity index (χ1) is 8.54. The second-order valence-corrected chi connectivity index (χ2v) is 5.03. The zero-order valence-electron chi connectivity index (χ0n) is 10.8. The van der Waals surface area contributed by atoms with Crippen LogP contribution >= 0.6 is 15.9 Å². The van der Waals surface area contributed by atoms with E-state index in [1.807, 2.05) is 18.2 Å². The van der Waals surface area contributed by atoms with Gasteiger partial charge in [-0.1, -0.05) is 15.9 Å². The van der Waals surface area contributed by atoms with Gasteiger partial charge in [-0.15, -0.1) is 0 Å². The van der Waals surface area contributed by atoms with E-state index in [-0.39, 0.29) is 5.91 Å². The highest BCUT2D eigenvalue weighted by Crippen LogP contribution is 2.23. The van der Waals surface area contributed by atoms with Crippen LogP contribution in [-0.4, -0.2) is 38.1 Å². The van der Waals surface area contributed by atoms with Gasteiger partial charge in [0.15, 0.2) is 0 Å². The first-order valence-corrected chi connectivity index (χ1v) is 6.65. The molecule has 1 rings (SSSR count). The van der Waals surface area contributed by atoms with Crippen LogP contribution in [0.2, 0.25) is 0 Å². The van der Waals surface area contributed by atoms with Crippen LogP contribution < -0.4 is 10.5 Å². The molecule has 0 spiro atoms. The third kappa shape index (κ3) is 4.66. The van der Waals surface area contributed by atoms with Crippen molar-refractivity contribution in [3.05, 3.63) is 28.2 Å². The van der Waals surface area contributed by atoms with E-state index in [0.717, 1.165) is 22.2 Å². The molecule has 0 aliphatic rings. The fourth-order valence-electron chi connectivity index (χ4n) is 1.47. The molecule has 1 amide bonds. The zero-order valence-corrected chi connectivity index (χ0v) is 12.4. The lowest BCUT2D eigenvalue weighted by atomic mass is 10.1. The molecule has 0 bridgehead atoms. The minimum atomic E-state index is 0.0642. The van der Waals surface area contributed by atoms with Gasteiger partial charge in [0.2, 0.25) is 5.91 Å². The number of carbonyl (C=O) groups excluding carboxylic acids is 1. The van der Waals surface area contributed by atoms with E-state index >= 15 is 0 Å². The molecule has 0 radical (unpaired) electrons.